The third-order valence-corrected chi connectivity index (χ3v) is 4.24. The molecule has 1 N–H and O–H groups in total. The Kier molecular flexibility index (Phi) is 4.17. The van der Waals surface area contributed by atoms with Crippen molar-refractivity contribution >= 4 is 17.4 Å². The number of hydrogen-bond acceptors (Lipinski definition) is 5. The van der Waals surface area contributed by atoms with Crippen molar-refractivity contribution in [2.45, 2.75) is 30.1 Å². The molecule has 1 atom stereocenters. The molecule has 108 valence electrons. The van der Waals surface area contributed by atoms with E-state index in [1.165, 1.54) is 5.56 Å². The van der Waals surface area contributed by atoms with E-state index in [9.17, 15) is 0 Å². The number of nitrogens with one attached hydrogen (secondary N) is 1. The summed E-state index contributed by atoms with van der Waals surface area (Å²) < 4.78 is 1.97. The number of aromatic nitrogens is 4. The third kappa shape index (κ3) is 2.91. The van der Waals surface area contributed by atoms with Gasteiger partial charge >= 0.3 is 0 Å². The van der Waals surface area contributed by atoms with Gasteiger partial charge in [0.2, 0.25) is 5.16 Å². The summed E-state index contributed by atoms with van der Waals surface area (Å²) in [6.07, 6.45) is 3.78. The fraction of sp³-hybridized carbons (Fsp3) is 0.267. The molecule has 0 saturated heterocycles. The third-order valence-electron chi connectivity index (χ3n) is 3.25. The molecule has 0 radical (unpaired) electrons. The van der Waals surface area contributed by atoms with Gasteiger partial charge in [0.25, 0.3) is 0 Å². The number of pyridine rings is 2. The molecular weight excluding hydrogens is 282 g/mol. The summed E-state index contributed by atoms with van der Waals surface area (Å²) in [5.74, 6) is 0. The molecule has 0 spiro atoms. The largest absolute Gasteiger partial charge is 0.310 e. The number of rotatable bonds is 5. The summed E-state index contributed by atoms with van der Waals surface area (Å²) in [6, 6.07) is 10.2. The zero-order chi connectivity index (χ0) is 14.7. The molecule has 21 heavy (non-hydrogen) atoms. The van der Waals surface area contributed by atoms with E-state index >= 15 is 0 Å². The van der Waals surface area contributed by atoms with Crippen LogP contribution in [0.25, 0.3) is 5.65 Å². The van der Waals surface area contributed by atoms with E-state index in [0.29, 0.717) is 0 Å². The predicted molar refractivity (Wildman–Crippen MR) is 83.4 cm³/mol. The normalized spacial score (nSPS) is 12.7. The van der Waals surface area contributed by atoms with Gasteiger partial charge in [0, 0.05) is 24.0 Å². The highest BCUT2D eigenvalue weighted by Crippen LogP contribution is 2.30. The van der Waals surface area contributed by atoms with E-state index in [1.807, 2.05) is 41.1 Å². The van der Waals surface area contributed by atoms with Gasteiger partial charge in [0.15, 0.2) is 5.65 Å². The van der Waals surface area contributed by atoms with Crippen LogP contribution >= 0.6 is 11.8 Å². The van der Waals surface area contributed by atoms with Crippen LogP contribution in [0, 0.1) is 0 Å². The smallest absolute Gasteiger partial charge is 0.201 e. The van der Waals surface area contributed by atoms with E-state index in [0.717, 1.165) is 22.4 Å². The van der Waals surface area contributed by atoms with Crippen molar-refractivity contribution in [1.82, 2.24) is 24.9 Å². The first-order chi connectivity index (χ1) is 10.3. The molecule has 0 fully saturated rings. The zero-order valence-electron chi connectivity index (χ0n) is 12.0. The number of nitrogens with zero attached hydrogens (tertiary/aromatic N) is 4. The topological polar surface area (TPSA) is 55.1 Å². The van der Waals surface area contributed by atoms with Crippen LogP contribution in [-0.2, 0) is 0 Å². The van der Waals surface area contributed by atoms with Crippen molar-refractivity contribution in [3.05, 3.63) is 48.3 Å². The van der Waals surface area contributed by atoms with Gasteiger partial charge in [-0.05, 0) is 43.4 Å². The lowest BCUT2D eigenvalue weighted by Gasteiger charge is -2.15. The molecule has 3 heterocycles. The van der Waals surface area contributed by atoms with Crippen LogP contribution in [-0.4, -0.2) is 26.1 Å². The Balaban J connectivity index is 1.95. The molecule has 3 aromatic heterocycles. The van der Waals surface area contributed by atoms with Gasteiger partial charge in [0.1, 0.15) is 5.03 Å². The fourth-order valence-electron chi connectivity index (χ4n) is 2.21. The molecule has 0 aliphatic carbocycles. The monoisotopic (exact) mass is 299 g/mol. The van der Waals surface area contributed by atoms with Gasteiger partial charge in [-0.2, -0.15) is 0 Å². The summed E-state index contributed by atoms with van der Waals surface area (Å²) in [5, 5.41) is 13.6. The summed E-state index contributed by atoms with van der Waals surface area (Å²) in [7, 11) is 0. The number of hydrogen-bond donors (Lipinski definition) is 1. The van der Waals surface area contributed by atoms with Crippen molar-refractivity contribution in [2.24, 2.45) is 0 Å². The Labute approximate surface area is 127 Å². The molecule has 0 saturated carbocycles. The summed E-state index contributed by atoms with van der Waals surface area (Å²) in [4.78, 5) is 4.51. The second-order valence-electron chi connectivity index (χ2n) is 4.69. The van der Waals surface area contributed by atoms with E-state index in [-0.39, 0.29) is 6.04 Å². The molecular formula is C15H17N5S. The maximum Gasteiger partial charge on any atom is 0.201 e. The van der Waals surface area contributed by atoms with Crippen LogP contribution in [0.3, 0.4) is 0 Å². The van der Waals surface area contributed by atoms with Crippen molar-refractivity contribution in [2.75, 3.05) is 6.54 Å². The van der Waals surface area contributed by atoms with Crippen LogP contribution in [0.1, 0.15) is 25.5 Å². The van der Waals surface area contributed by atoms with Gasteiger partial charge < -0.3 is 5.32 Å². The SMILES string of the molecule is CCNC(C)c1cccnc1Sc1nnc2ccccn12. The lowest BCUT2D eigenvalue weighted by atomic mass is 10.1. The molecule has 0 aliphatic heterocycles. The Morgan fingerprint density at radius 1 is 1.24 bits per heavy atom. The average molecular weight is 299 g/mol. The quantitative estimate of drug-likeness (QED) is 0.785. The molecule has 0 aromatic carbocycles. The first-order valence-electron chi connectivity index (χ1n) is 6.95. The maximum absolute atomic E-state index is 4.51. The minimum absolute atomic E-state index is 0.255. The highest BCUT2D eigenvalue weighted by Gasteiger charge is 2.14. The molecule has 6 heteroatoms. The van der Waals surface area contributed by atoms with Crippen molar-refractivity contribution in [1.29, 1.82) is 0 Å². The van der Waals surface area contributed by atoms with Crippen LogP contribution in [0.5, 0.6) is 0 Å². The lowest BCUT2D eigenvalue weighted by Crippen LogP contribution is -2.18. The van der Waals surface area contributed by atoms with Gasteiger partial charge in [-0.25, -0.2) is 4.98 Å². The van der Waals surface area contributed by atoms with Crippen LogP contribution in [0.2, 0.25) is 0 Å². The zero-order valence-corrected chi connectivity index (χ0v) is 12.8. The van der Waals surface area contributed by atoms with E-state index in [4.69, 9.17) is 0 Å². The molecule has 1 unspecified atom stereocenters. The Bertz CT molecular complexity index is 740. The Morgan fingerprint density at radius 2 is 2.14 bits per heavy atom. The first-order valence-corrected chi connectivity index (χ1v) is 7.77. The molecule has 3 rings (SSSR count). The minimum atomic E-state index is 0.255. The fourth-order valence-corrected chi connectivity index (χ4v) is 3.19. The Hall–Kier alpha value is -1.92. The van der Waals surface area contributed by atoms with Crippen molar-refractivity contribution in [3.8, 4) is 0 Å². The molecule has 0 aliphatic rings. The van der Waals surface area contributed by atoms with E-state index < -0.39 is 0 Å². The van der Waals surface area contributed by atoms with Gasteiger partial charge in [-0.1, -0.05) is 19.1 Å². The highest BCUT2D eigenvalue weighted by molar-refractivity contribution is 7.99. The van der Waals surface area contributed by atoms with E-state index in [2.05, 4.69) is 40.4 Å². The van der Waals surface area contributed by atoms with Crippen LogP contribution in [0.4, 0.5) is 0 Å². The van der Waals surface area contributed by atoms with Gasteiger partial charge in [-0.3, -0.25) is 4.40 Å². The predicted octanol–water partition coefficient (Wildman–Crippen LogP) is 2.95. The Morgan fingerprint density at radius 3 is 3.00 bits per heavy atom. The summed E-state index contributed by atoms with van der Waals surface area (Å²) in [5.41, 5.74) is 2.02. The molecule has 3 aromatic rings. The van der Waals surface area contributed by atoms with Crippen LogP contribution in [0.15, 0.2) is 52.9 Å². The molecule has 0 amide bonds. The lowest BCUT2D eigenvalue weighted by molar-refractivity contribution is 0.585. The first kappa shape index (κ1) is 14.0. The highest BCUT2D eigenvalue weighted by atomic mass is 32.2. The number of fused-ring (bicyclic) bond motifs is 1. The summed E-state index contributed by atoms with van der Waals surface area (Å²) >= 11 is 1.54. The maximum atomic E-state index is 4.51. The van der Waals surface area contributed by atoms with Gasteiger partial charge in [-0.15, -0.1) is 10.2 Å². The minimum Gasteiger partial charge on any atom is -0.310 e. The average Bonchev–Trinajstić information content (AvgIpc) is 2.91. The second-order valence-corrected chi connectivity index (χ2v) is 5.65. The molecule has 5 nitrogen and oxygen atoms in total. The summed E-state index contributed by atoms with van der Waals surface area (Å²) in [6.45, 7) is 5.17. The van der Waals surface area contributed by atoms with Crippen molar-refractivity contribution in [3.63, 3.8) is 0 Å². The van der Waals surface area contributed by atoms with Crippen molar-refractivity contribution < 1.29 is 0 Å². The van der Waals surface area contributed by atoms with Crippen LogP contribution < -0.4 is 5.32 Å². The second kappa shape index (κ2) is 6.24. The molecule has 0 bridgehead atoms. The van der Waals surface area contributed by atoms with E-state index in [1.54, 1.807) is 11.8 Å². The standard InChI is InChI=1S/C15H17N5S/c1-3-16-11(2)12-7-6-9-17-14(12)21-15-19-18-13-8-4-5-10-20(13)15/h4-11,16H,3H2,1-2H3. The van der Waals surface area contributed by atoms with Gasteiger partial charge in [0.05, 0.1) is 0 Å².